The molecule has 0 fully saturated rings. The first-order valence-corrected chi connectivity index (χ1v) is 6.48. The minimum absolute atomic E-state index is 0.0581. The summed E-state index contributed by atoms with van der Waals surface area (Å²) >= 11 is 0. The third-order valence-electron chi connectivity index (χ3n) is 2.96. The third kappa shape index (κ3) is 4.59. The second kappa shape index (κ2) is 7.10. The van der Waals surface area contributed by atoms with Crippen LogP contribution in [0.1, 0.15) is 61.4 Å². The maximum atomic E-state index is 11.9. The maximum Gasteiger partial charge on any atom is 0.166 e. The molecule has 94 valence electrons. The van der Waals surface area contributed by atoms with E-state index in [-0.39, 0.29) is 11.5 Å². The van der Waals surface area contributed by atoms with Crippen molar-refractivity contribution in [2.45, 2.75) is 52.4 Å². The molecule has 0 heterocycles. The van der Waals surface area contributed by atoms with Gasteiger partial charge < -0.3 is 5.11 Å². The zero-order valence-electron chi connectivity index (χ0n) is 10.8. The summed E-state index contributed by atoms with van der Waals surface area (Å²) in [4.78, 5) is 11.9. The van der Waals surface area contributed by atoms with Crippen molar-refractivity contribution in [3.05, 3.63) is 29.3 Å². The van der Waals surface area contributed by atoms with E-state index in [2.05, 4.69) is 6.92 Å². The quantitative estimate of drug-likeness (QED) is 0.566. The summed E-state index contributed by atoms with van der Waals surface area (Å²) in [7, 11) is 0. The molecule has 0 aromatic heterocycles. The zero-order chi connectivity index (χ0) is 12.7. The Labute approximate surface area is 104 Å². The molecule has 2 heteroatoms. The molecule has 0 aliphatic carbocycles. The molecular weight excluding hydrogens is 212 g/mol. The van der Waals surface area contributed by atoms with Gasteiger partial charge in [0.1, 0.15) is 5.75 Å². The molecule has 1 aromatic carbocycles. The predicted molar refractivity (Wildman–Crippen MR) is 70.6 cm³/mol. The molecule has 0 unspecified atom stereocenters. The van der Waals surface area contributed by atoms with Gasteiger partial charge in [0.15, 0.2) is 5.78 Å². The minimum atomic E-state index is 0.0581. The summed E-state index contributed by atoms with van der Waals surface area (Å²) in [5.41, 5.74) is 1.48. The van der Waals surface area contributed by atoms with E-state index in [1.54, 1.807) is 12.1 Å². The van der Waals surface area contributed by atoms with E-state index in [1.807, 2.05) is 13.0 Å². The monoisotopic (exact) mass is 234 g/mol. The lowest BCUT2D eigenvalue weighted by atomic mass is 10.0. The number of ketones is 1. The molecule has 0 amide bonds. The fourth-order valence-electron chi connectivity index (χ4n) is 1.90. The number of aryl methyl sites for hydroxylation is 1. The van der Waals surface area contributed by atoms with Crippen LogP contribution in [-0.4, -0.2) is 10.9 Å². The molecule has 2 nitrogen and oxygen atoms in total. The molecule has 1 aromatic rings. The van der Waals surface area contributed by atoms with Crippen molar-refractivity contribution in [1.82, 2.24) is 0 Å². The number of phenolic OH excluding ortho intramolecular Hbond substituents is 1. The van der Waals surface area contributed by atoms with E-state index in [1.165, 1.54) is 19.3 Å². The molecule has 0 atom stereocenters. The Bertz CT molecular complexity index is 369. The predicted octanol–water partition coefficient (Wildman–Crippen LogP) is 4.24. The molecule has 0 aliphatic heterocycles. The van der Waals surface area contributed by atoms with Crippen molar-refractivity contribution >= 4 is 5.78 Å². The molecule has 17 heavy (non-hydrogen) atoms. The topological polar surface area (TPSA) is 37.3 Å². The van der Waals surface area contributed by atoms with Gasteiger partial charge in [-0.15, -0.1) is 0 Å². The molecule has 1 N–H and O–H groups in total. The number of carbonyl (C=O) groups is 1. The second-order valence-corrected chi connectivity index (χ2v) is 4.61. The van der Waals surface area contributed by atoms with Crippen LogP contribution in [0.4, 0.5) is 0 Å². The molecule has 0 spiro atoms. The van der Waals surface area contributed by atoms with Gasteiger partial charge in [-0.3, -0.25) is 4.79 Å². The van der Waals surface area contributed by atoms with E-state index in [9.17, 15) is 9.90 Å². The Balaban J connectivity index is 2.44. The largest absolute Gasteiger partial charge is 0.507 e. The number of hydrogen-bond donors (Lipinski definition) is 1. The van der Waals surface area contributed by atoms with Crippen molar-refractivity contribution in [3.63, 3.8) is 0 Å². The van der Waals surface area contributed by atoms with Crippen molar-refractivity contribution in [2.75, 3.05) is 0 Å². The maximum absolute atomic E-state index is 11.9. The fourth-order valence-corrected chi connectivity index (χ4v) is 1.90. The first-order chi connectivity index (χ1) is 8.15. The number of unbranched alkanes of at least 4 members (excludes halogenated alkanes) is 4. The summed E-state index contributed by atoms with van der Waals surface area (Å²) in [6.45, 7) is 4.10. The van der Waals surface area contributed by atoms with Crippen LogP contribution in [0, 0.1) is 6.92 Å². The van der Waals surface area contributed by atoms with Crippen LogP contribution in [0.3, 0.4) is 0 Å². The molecule has 0 bridgehead atoms. The van der Waals surface area contributed by atoms with Gasteiger partial charge in [-0.1, -0.05) is 44.2 Å². The van der Waals surface area contributed by atoms with Crippen molar-refractivity contribution in [3.8, 4) is 5.75 Å². The highest BCUT2D eigenvalue weighted by Gasteiger charge is 2.10. The van der Waals surface area contributed by atoms with Crippen LogP contribution < -0.4 is 0 Å². The van der Waals surface area contributed by atoms with Crippen molar-refractivity contribution < 1.29 is 9.90 Å². The van der Waals surface area contributed by atoms with Crippen LogP contribution in [-0.2, 0) is 0 Å². The van der Waals surface area contributed by atoms with Crippen molar-refractivity contribution in [1.29, 1.82) is 0 Å². The lowest BCUT2D eigenvalue weighted by Gasteiger charge is -2.05. The Morgan fingerprint density at radius 3 is 2.59 bits per heavy atom. The van der Waals surface area contributed by atoms with Crippen LogP contribution in [0.5, 0.6) is 5.75 Å². The van der Waals surface area contributed by atoms with Gasteiger partial charge >= 0.3 is 0 Å². The number of carbonyl (C=O) groups excluding carboxylic acids is 1. The lowest BCUT2D eigenvalue weighted by molar-refractivity contribution is 0.0976. The van der Waals surface area contributed by atoms with E-state index in [0.29, 0.717) is 12.0 Å². The molecule has 0 saturated heterocycles. The number of rotatable bonds is 7. The van der Waals surface area contributed by atoms with Gasteiger partial charge in [0, 0.05) is 6.42 Å². The summed E-state index contributed by atoms with van der Waals surface area (Å²) in [6, 6.07) is 5.18. The molecule has 1 rings (SSSR count). The van der Waals surface area contributed by atoms with Gasteiger partial charge in [0.05, 0.1) is 5.56 Å². The Morgan fingerprint density at radius 2 is 1.88 bits per heavy atom. The highest BCUT2D eigenvalue weighted by atomic mass is 16.3. The van der Waals surface area contributed by atoms with E-state index in [4.69, 9.17) is 0 Å². The highest BCUT2D eigenvalue weighted by molar-refractivity contribution is 5.98. The summed E-state index contributed by atoms with van der Waals surface area (Å²) < 4.78 is 0. The Kier molecular flexibility index (Phi) is 5.75. The number of benzene rings is 1. The molecular formula is C15H22O2. The number of Topliss-reactive ketones (excluding diaryl/α,β-unsaturated/α-hetero) is 1. The van der Waals surface area contributed by atoms with Gasteiger partial charge in [-0.2, -0.15) is 0 Å². The standard InChI is InChI=1S/C15H22O2/c1-3-4-5-6-7-8-14(16)13-11-12(2)9-10-15(13)17/h9-11,17H,3-8H2,1-2H3. The Morgan fingerprint density at radius 1 is 1.18 bits per heavy atom. The number of hydrogen-bond acceptors (Lipinski definition) is 2. The van der Waals surface area contributed by atoms with Gasteiger partial charge in [-0.25, -0.2) is 0 Å². The summed E-state index contributed by atoms with van der Waals surface area (Å²) in [6.07, 6.45) is 6.22. The molecule has 0 radical (unpaired) electrons. The zero-order valence-corrected chi connectivity index (χ0v) is 10.8. The van der Waals surface area contributed by atoms with Crippen LogP contribution in [0.25, 0.3) is 0 Å². The van der Waals surface area contributed by atoms with Crippen LogP contribution >= 0.6 is 0 Å². The normalized spacial score (nSPS) is 10.5. The van der Waals surface area contributed by atoms with Gasteiger partial charge in [0.2, 0.25) is 0 Å². The fraction of sp³-hybridized carbons (Fsp3) is 0.533. The first kappa shape index (κ1) is 13.8. The third-order valence-corrected chi connectivity index (χ3v) is 2.96. The average molecular weight is 234 g/mol. The second-order valence-electron chi connectivity index (χ2n) is 4.61. The van der Waals surface area contributed by atoms with E-state index >= 15 is 0 Å². The smallest absolute Gasteiger partial charge is 0.166 e. The lowest BCUT2D eigenvalue weighted by Crippen LogP contribution is -2.00. The highest BCUT2D eigenvalue weighted by Crippen LogP contribution is 2.21. The molecule has 0 saturated carbocycles. The average Bonchev–Trinajstić information content (AvgIpc) is 2.32. The van der Waals surface area contributed by atoms with Crippen LogP contribution in [0.15, 0.2) is 18.2 Å². The summed E-state index contributed by atoms with van der Waals surface area (Å²) in [5, 5.41) is 9.63. The Hall–Kier alpha value is -1.31. The minimum Gasteiger partial charge on any atom is -0.507 e. The van der Waals surface area contributed by atoms with E-state index < -0.39 is 0 Å². The number of aromatic hydroxyl groups is 1. The summed E-state index contributed by atoms with van der Waals surface area (Å²) in [5.74, 6) is 0.164. The van der Waals surface area contributed by atoms with Gasteiger partial charge in [-0.05, 0) is 25.5 Å². The SMILES string of the molecule is CCCCCCCC(=O)c1cc(C)ccc1O. The molecule has 0 aliphatic rings. The number of phenols is 1. The van der Waals surface area contributed by atoms with Crippen LogP contribution in [0.2, 0.25) is 0 Å². The first-order valence-electron chi connectivity index (χ1n) is 6.48. The van der Waals surface area contributed by atoms with E-state index in [0.717, 1.165) is 18.4 Å². The van der Waals surface area contributed by atoms with Gasteiger partial charge in [0.25, 0.3) is 0 Å². The van der Waals surface area contributed by atoms with Crippen molar-refractivity contribution in [2.24, 2.45) is 0 Å².